The third-order valence-electron chi connectivity index (χ3n) is 1.96. The van der Waals surface area contributed by atoms with Crippen LogP contribution >= 0.6 is 0 Å². The van der Waals surface area contributed by atoms with E-state index in [1.165, 1.54) is 0 Å². The minimum absolute atomic E-state index is 0.235. The lowest BCUT2D eigenvalue weighted by Crippen LogP contribution is -2.45. The largest absolute Gasteiger partial charge is 0.460 e. The van der Waals surface area contributed by atoms with Crippen LogP contribution in [0.15, 0.2) is 0 Å². The number of aliphatic hydroxyl groups excluding tert-OH is 1. The van der Waals surface area contributed by atoms with Crippen molar-refractivity contribution in [2.24, 2.45) is 0 Å². The van der Waals surface area contributed by atoms with Gasteiger partial charge in [-0.15, -0.1) is 0 Å². The molecule has 12 heavy (non-hydrogen) atoms. The topological polar surface area (TPSA) is 58.6 Å². The first-order chi connectivity index (χ1) is 5.74. The molecular weight excluding hydrogens is 158 g/mol. The molecule has 2 unspecified atom stereocenters. The van der Waals surface area contributed by atoms with Gasteiger partial charge < -0.3 is 15.2 Å². The highest BCUT2D eigenvalue weighted by Gasteiger charge is 2.25. The summed E-state index contributed by atoms with van der Waals surface area (Å²) in [4.78, 5) is 10.9. The zero-order valence-electron chi connectivity index (χ0n) is 7.25. The first kappa shape index (κ1) is 9.48. The molecule has 0 amide bonds. The number of rotatable bonds is 2. The fourth-order valence-electron chi connectivity index (χ4n) is 1.21. The van der Waals surface area contributed by atoms with Crippen molar-refractivity contribution >= 4 is 5.97 Å². The van der Waals surface area contributed by atoms with Gasteiger partial charge in [0.15, 0.2) is 0 Å². The Kier molecular flexibility index (Phi) is 3.49. The monoisotopic (exact) mass is 173 g/mol. The summed E-state index contributed by atoms with van der Waals surface area (Å²) in [7, 11) is 0. The van der Waals surface area contributed by atoms with Gasteiger partial charge in [0, 0.05) is 13.0 Å². The molecule has 1 heterocycles. The van der Waals surface area contributed by atoms with Crippen molar-refractivity contribution in [3.05, 3.63) is 0 Å². The van der Waals surface area contributed by atoms with Crippen LogP contribution in [-0.4, -0.2) is 36.4 Å². The van der Waals surface area contributed by atoms with Crippen molar-refractivity contribution in [1.29, 1.82) is 0 Å². The molecule has 0 spiro atoms. The summed E-state index contributed by atoms with van der Waals surface area (Å²) in [5.41, 5.74) is 0. The van der Waals surface area contributed by atoms with Gasteiger partial charge in [0.25, 0.3) is 0 Å². The highest BCUT2D eigenvalue weighted by Crippen LogP contribution is 2.08. The van der Waals surface area contributed by atoms with E-state index < -0.39 is 6.10 Å². The Bertz CT molecular complexity index is 160. The van der Waals surface area contributed by atoms with Crippen molar-refractivity contribution in [3.8, 4) is 0 Å². The van der Waals surface area contributed by atoms with E-state index in [-0.39, 0.29) is 12.1 Å². The molecule has 0 saturated carbocycles. The van der Waals surface area contributed by atoms with Crippen LogP contribution in [0.2, 0.25) is 0 Å². The Balaban J connectivity index is 2.33. The average molecular weight is 173 g/mol. The van der Waals surface area contributed by atoms with Crippen LogP contribution < -0.4 is 5.32 Å². The van der Waals surface area contributed by atoms with Gasteiger partial charge in [-0.1, -0.05) is 6.92 Å². The number of aliphatic hydroxyl groups is 1. The summed E-state index contributed by atoms with van der Waals surface area (Å²) in [5, 5.41) is 12.4. The lowest BCUT2D eigenvalue weighted by Gasteiger charge is -2.27. The van der Waals surface area contributed by atoms with E-state index in [1.807, 2.05) is 0 Å². The minimum atomic E-state index is -0.547. The lowest BCUT2D eigenvalue weighted by atomic mass is 10.1. The maximum absolute atomic E-state index is 10.9. The van der Waals surface area contributed by atoms with Crippen LogP contribution in [0, 0.1) is 0 Å². The highest BCUT2D eigenvalue weighted by atomic mass is 16.6. The number of carbonyl (C=O) groups is 1. The van der Waals surface area contributed by atoms with Crippen molar-refractivity contribution in [1.82, 2.24) is 5.32 Å². The summed E-state index contributed by atoms with van der Waals surface area (Å²) >= 11 is 0. The van der Waals surface area contributed by atoms with Crippen LogP contribution in [0.25, 0.3) is 0 Å². The molecule has 0 radical (unpaired) electrons. The van der Waals surface area contributed by atoms with Gasteiger partial charge in [-0.25, -0.2) is 0 Å². The smallest absolute Gasteiger partial charge is 0.305 e. The number of esters is 1. The predicted octanol–water partition coefficient (Wildman–Crippen LogP) is -0.338. The van der Waals surface area contributed by atoms with Gasteiger partial charge in [-0.2, -0.15) is 0 Å². The average Bonchev–Trinajstić information content (AvgIpc) is 2.09. The summed E-state index contributed by atoms with van der Waals surface area (Å²) in [6, 6.07) is 0. The summed E-state index contributed by atoms with van der Waals surface area (Å²) in [6.07, 6.45) is 0.219. The predicted molar refractivity (Wildman–Crippen MR) is 43.7 cm³/mol. The Morgan fingerprint density at radius 3 is 3.08 bits per heavy atom. The van der Waals surface area contributed by atoms with E-state index in [1.54, 1.807) is 6.92 Å². The van der Waals surface area contributed by atoms with Crippen LogP contribution in [0.1, 0.15) is 19.8 Å². The molecule has 0 aromatic heterocycles. The lowest BCUT2D eigenvalue weighted by molar-refractivity contribution is -0.156. The summed E-state index contributed by atoms with van der Waals surface area (Å²) in [5.74, 6) is -0.235. The van der Waals surface area contributed by atoms with E-state index in [0.29, 0.717) is 19.4 Å². The second kappa shape index (κ2) is 4.42. The molecule has 4 nitrogen and oxygen atoms in total. The van der Waals surface area contributed by atoms with Crippen molar-refractivity contribution in [2.45, 2.75) is 32.0 Å². The first-order valence-corrected chi connectivity index (χ1v) is 4.32. The molecule has 1 saturated heterocycles. The molecular formula is C8H15NO3. The van der Waals surface area contributed by atoms with Crippen molar-refractivity contribution in [2.75, 3.05) is 13.1 Å². The number of hydrogen-bond acceptors (Lipinski definition) is 4. The van der Waals surface area contributed by atoms with E-state index in [2.05, 4.69) is 5.32 Å². The number of nitrogens with one attached hydrogen (secondary N) is 1. The molecule has 2 N–H and O–H groups in total. The number of ether oxygens (including phenoxy) is 1. The Hall–Kier alpha value is -0.610. The van der Waals surface area contributed by atoms with Gasteiger partial charge in [0.2, 0.25) is 0 Å². The molecule has 4 heteroatoms. The van der Waals surface area contributed by atoms with Crippen molar-refractivity contribution in [3.63, 3.8) is 0 Å². The third kappa shape index (κ3) is 2.46. The van der Waals surface area contributed by atoms with Gasteiger partial charge in [0.1, 0.15) is 12.2 Å². The first-order valence-electron chi connectivity index (χ1n) is 4.32. The van der Waals surface area contributed by atoms with E-state index in [9.17, 15) is 9.90 Å². The molecule has 0 aromatic rings. The molecule has 1 rings (SSSR count). The van der Waals surface area contributed by atoms with Gasteiger partial charge >= 0.3 is 5.97 Å². The third-order valence-corrected chi connectivity index (χ3v) is 1.96. The molecule has 70 valence electrons. The number of hydrogen-bond donors (Lipinski definition) is 2. The maximum Gasteiger partial charge on any atom is 0.305 e. The number of carbonyl (C=O) groups excluding carboxylic acids is 1. The zero-order chi connectivity index (χ0) is 8.97. The van der Waals surface area contributed by atoms with E-state index in [4.69, 9.17) is 4.74 Å². The fourth-order valence-corrected chi connectivity index (χ4v) is 1.21. The maximum atomic E-state index is 10.9. The molecule has 1 aliphatic heterocycles. The van der Waals surface area contributed by atoms with Crippen LogP contribution in [-0.2, 0) is 9.53 Å². The Labute approximate surface area is 71.9 Å². The number of piperidine rings is 1. The van der Waals surface area contributed by atoms with Gasteiger partial charge in [0.05, 0.1) is 0 Å². The van der Waals surface area contributed by atoms with Gasteiger partial charge in [-0.05, 0) is 13.0 Å². The van der Waals surface area contributed by atoms with Crippen LogP contribution in [0.4, 0.5) is 0 Å². The SMILES string of the molecule is CCC(=O)OC1CCNCC1O. The second-order valence-electron chi connectivity index (χ2n) is 2.94. The molecule has 1 aliphatic rings. The Morgan fingerprint density at radius 2 is 2.50 bits per heavy atom. The van der Waals surface area contributed by atoms with E-state index >= 15 is 0 Å². The molecule has 2 atom stereocenters. The summed E-state index contributed by atoms with van der Waals surface area (Å²) in [6.45, 7) is 3.07. The fraction of sp³-hybridized carbons (Fsp3) is 0.875. The normalized spacial score (nSPS) is 29.8. The van der Waals surface area contributed by atoms with Crippen LogP contribution in [0.5, 0.6) is 0 Å². The second-order valence-corrected chi connectivity index (χ2v) is 2.94. The standard InChI is InChI=1S/C8H15NO3/c1-2-8(11)12-7-3-4-9-5-6(7)10/h6-7,9-10H,2-5H2,1H3. The van der Waals surface area contributed by atoms with Crippen molar-refractivity contribution < 1.29 is 14.6 Å². The van der Waals surface area contributed by atoms with E-state index in [0.717, 1.165) is 6.54 Å². The zero-order valence-corrected chi connectivity index (χ0v) is 7.25. The minimum Gasteiger partial charge on any atom is -0.460 e. The molecule has 1 fully saturated rings. The molecule has 0 aromatic carbocycles. The number of β-amino-alcohol motifs (C(OH)–C–C–N with tert-alkyl or cyclic N) is 1. The summed E-state index contributed by atoms with van der Waals surface area (Å²) < 4.78 is 5.02. The van der Waals surface area contributed by atoms with Gasteiger partial charge in [-0.3, -0.25) is 4.79 Å². The quantitative estimate of drug-likeness (QED) is 0.561. The highest BCUT2D eigenvalue weighted by molar-refractivity contribution is 5.69. The van der Waals surface area contributed by atoms with Crippen LogP contribution in [0.3, 0.4) is 0 Å². The Morgan fingerprint density at radius 1 is 1.75 bits per heavy atom. The molecule has 0 aliphatic carbocycles. The molecule has 0 bridgehead atoms.